The molecule has 5 heteroatoms. The molecule has 0 saturated carbocycles. The highest BCUT2D eigenvalue weighted by Gasteiger charge is 2.15. The lowest BCUT2D eigenvalue weighted by molar-refractivity contribution is 0.587. The van der Waals surface area contributed by atoms with E-state index in [1.807, 2.05) is 0 Å². The van der Waals surface area contributed by atoms with Crippen molar-refractivity contribution >= 4 is 21.6 Å². The molecule has 14 heavy (non-hydrogen) atoms. The van der Waals surface area contributed by atoms with E-state index in [0.717, 1.165) is 5.56 Å². The van der Waals surface area contributed by atoms with Gasteiger partial charge in [0.05, 0.1) is 4.90 Å². The summed E-state index contributed by atoms with van der Waals surface area (Å²) in [6.07, 6.45) is 0. The molecule has 0 amide bonds. The Labute approximate surface area is 89.1 Å². The lowest BCUT2D eigenvalue weighted by atomic mass is 10.2. The topological polar surface area (TPSA) is 46.2 Å². The van der Waals surface area contributed by atoms with E-state index in [9.17, 15) is 8.42 Å². The predicted molar refractivity (Wildman–Crippen MR) is 57.2 cm³/mol. The van der Waals surface area contributed by atoms with Crippen LogP contribution in [0.3, 0.4) is 0 Å². The number of benzene rings is 1. The minimum Gasteiger partial charge on any atom is -0.214 e. The normalized spacial score (nSPS) is 11.7. The van der Waals surface area contributed by atoms with Crippen molar-refractivity contribution < 1.29 is 8.42 Å². The highest BCUT2D eigenvalue weighted by Crippen LogP contribution is 2.23. The molecule has 0 radical (unpaired) electrons. The van der Waals surface area contributed by atoms with Gasteiger partial charge in [-0.1, -0.05) is 11.6 Å². The van der Waals surface area contributed by atoms with Crippen molar-refractivity contribution in [1.82, 2.24) is 4.72 Å². The Morgan fingerprint density at radius 2 is 1.79 bits per heavy atom. The summed E-state index contributed by atoms with van der Waals surface area (Å²) in [4.78, 5) is 0.280. The van der Waals surface area contributed by atoms with E-state index in [1.54, 1.807) is 26.0 Å². The first-order valence-electron chi connectivity index (χ1n) is 4.09. The van der Waals surface area contributed by atoms with Gasteiger partial charge in [0.25, 0.3) is 0 Å². The Morgan fingerprint density at radius 3 is 2.29 bits per heavy atom. The second-order valence-electron chi connectivity index (χ2n) is 3.07. The number of halogens is 1. The van der Waals surface area contributed by atoms with Crippen LogP contribution in [0, 0.1) is 13.8 Å². The molecule has 1 aromatic carbocycles. The van der Waals surface area contributed by atoms with Crippen LogP contribution in [0.1, 0.15) is 11.1 Å². The van der Waals surface area contributed by atoms with Gasteiger partial charge in [-0.2, -0.15) is 0 Å². The molecule has 0 saturated heterocycles. The van der Waals surface area contributed by atoms with Crippen molar-refractivity contribution in [1.29, 1.82) is 0 Å². The van der Waals surface area contributed by atoms with Gasteiger partial charge in [-0.25, -0.2) is 13.1 Å². The monoisotopic (exact) mass is 233 g/mol. The summed E-state index contributed by atoms with van der Waals surface area (Å²) in [6.45, 7) is 3.49. The van der Waals surface area contributed by atoms with Gasteiger partial charge in [0.1, 0.15) is 0 Å². The Kier molecular flexibility index (Phi) is 3.19. The quantitative estimate of drug-likeness (QED) is 0.848. The summed E-state index contributed by atoms with van der Waals surface area (Å²) >= 11 is 5.86. The smallest absolute Gasteiger partial charge is 0.214 e. The molecule has 0 fully saturated rings. The van der Waals surface area contributed by atoms with Crippen LogP contribution in [0.4, 0.5) is 0 Å². The Bertz CT molecular complexity index is 454. The molecule has 0 aliphatic carbocycles. The second-order valence-corrected chi connectivity index (χ2v) is 5.34. The molecule has 0 aromatic heterocycles. The van der Waals surface area contributed by atoms with E-state index >= 15 is 0 Å². The van der Waals surface area contributed by atoms with Crippen LogP contribution in [0.15, 0.2) is 17.0 Å². The summed E-state index contributed by atoms with van der Waals surface area (Å²) in [5.74, 6) is 0. The minimum atomic E-state index is -3.38. The zero-order chi connectivity index (χ0) is 10.9. The number of sulfonamides is 1. The van der Waals surface area contributed by atoms with Gasteiger partial charge >= 0.3 is 0 Å². The average molecular weight is 234 g/mol. The van der Waals surface area contributed by atoms with Gasteiger partial charge in [-0.05, 0) is 44.2 Å². The molecule has 1 aromatic rings. The van der Waals surface area contributed by atoms with Crippen LogP contribution >= 0.6 is 11.6 Å². The SMILES string of the molecule is CNS(=O)(=O)c1cc(C)c(Cl)cc1C. The molecule has 0 spiro atoms. The standard InChI is InChI=1S/C9H12ClNO2S/c1-6-5-9(14(12,13)11-3)7(2)4-8(6)10/h4-5,11H,1-3H3. The Balaban J connectivity index is 3.45. The second kappa shape index (κ2) is 3.88. The maximum Gasteiger partial charge on any atom is 0.240 e. The van der Waals surface area contributed by atoms with Crippen molar-refractivity contribution in [2.24, 2.45) is 0 Å². The summed E-state index contributed by atoms with van der Waals surface area (Å²) in [5, 5.41) is 0.581. The third kappa shape index (κ3) is 2.08. The first-order valence-corrected chi connectivity index (χ1v) is 5.95. The highest BCUT2D eigenvalue weighted by atomic mass is 35.5. The molecular formula is C9H12ClNO2S. The largest absolute Gasteiger partial charge is 0.240 e. The highest BCUT2D eigenvalue weighted by molar-refractivity contribution is 7.89. The molecule has 78 valence electrons. The fourth-order valence-corrected chi connectivity index (χ4v) is 2.41. The maximum atomic E-state index is 11.5. The van der Waals surface area contributed by atoms with Crippen LogP contribution in [-0.2, 0) is 10.0 Å². The van der Waals surface area contributed by atoms with Crippen LogP contribution in [0.25, 0.3) is 0 Å². The average Bonchev–Trinajstić information content (AvgIpc) is 2.11. The summed E-state index contributed by atoms with van der Waals surface area (Å²) in [5.41, 5.74) is 1.40. The first-order chi connectivity index (χ1) is 6.38. The van der Waals surface area contributed by atoms with E-state index in [1.165, 1.54) is 7.05 Å². The van der Waals surface area contributed by atoms with Gasteiger partial charge in [-0.15, -0.1) is 0 Å². The van der Waals surface area contributed by atoms with E-state index in [-0.39, 0.29) is 4.90 Å². The molecule has 1 N–H and O–H groups in total. The lowest BCUT2D eigenvalue weighted by Gasteiger charge is -2.08. The number of hydrogen-bond donors (Lipinski definition) is 1. The third-order valence-corrected chi connectivity index (χ3v) is 3.98. The van der Waals surface area contributed by atoms with E-state index in [2.05, 4.69) is 4.72 Å². The zero-order valence-electron chi connectivity index (χ0n) is 8.26. The van der Waals surface area contributed by atoms with Crippen molar-refractivity contribution in [3.63, 3.8) is 0 Å². The molecule has 0 aliphatic rings. The van der Waals surface area contributed by atoms with E-state index in [4.69, 9.17) is 11.6 Å². The van der Waals surface area contributed by atoms with Crippen molar-refractivity contribution in [2.45, 2.75) is 18.7 Å². The zero-order valence-corrected chi connectivity index (χ0v) is 9.83. The summed E-state index contributed by atoms with van der Waals surface area (Å²) in [7, 11) is -1.99. The molecule has 1 rings (SSSR count). The van der Waals surface area contributed by atoms with Crippen LogP contribution in [-0.4, -0.2) is 15.5 Å². The fraction of sp³-hybridized carbons (Fsp3) is 0.333. The van der Waals surface area contributed by atoms with Gasteiger partial charge in [0, 0.05) is 5.02 Å². The van der Waals surface area contributed by atoms with Gasteiger partial charge < -0.3 is 0 Å². The van der Waals surface area contributed by atoms with Crippen LogP contribution in [0.5, 0.6) is 0 Å². The number of hydrogen-bond acceptors (Lipinski definition) is 2. The van der Waals surface area contributed by atoms with E-state index < -0.39 is 10.0 Å². The molecule has 0 bridgehead atoms. The minimum absolute atomic E-state index is 0.280. The first kappa shape index (κ1) is 11.5. The van der Waals surface area contributed by atoms with Gasteiger partial charge in [-0.3, -0.25) is 0 Å². The van der Waals surface area contributed by atoms with Gasteiger partial charge in [0.2, 0.25) is 10.0 Å². The number of nitrogens with one attached hydrogen (secondary N) is 1. The molecule has 0 atom stereocenters. The molecule has 0 aliphatic heterocycles. The summed E-state index contributed by atoms with van der Waals surface area (Å²) < 4.78 is 25.3. The summed E-state index contributed by atoms with van der Waals surface area (Å²) in [6, 6.07) is 3.23. The van der Waals surface area contributed by atoms with Crippen LogP contribution in [0.2, 0.25) is 5.02 Å². The number of rotatable bonds is 2. The van der Waals surface area contributed by atoms with Crippen molar-refractivity contribution in [3.05, 3.63) is 28.3 Å². The van der Waals surface area contributed by atoms with E-state index in [0.29, 0.717) is 10.6 Å². The maximum absolute atomic E-state index is 11.5. The van der Waals surface area contributed by atoms with Crippen molar-refractivity contribution in [2.75, 3.05) is 7.05 Å². The predicted octanol–water partition coefficient (Wildman–Crippen LogP) is 1.86. The Hall–Kier alpha value is -0.580. The Morgan fingerprint density at radius 1 is 1.21 bits per heavy atom. The molecule has 0 unspecified atom stereocenters. The van der Waals surface area contributed by atoms with Crippen molar-refractivity contribution in [3.8, 4) is 0 Å². The molecule has 0 heterocycles. The number of aryl methyl sites for hydroxylation is 2. The van der Waals surface area contributed by atoms with Gasteiger partial charge in [0.15, 0.2) is 0 Å². The molecular weight excluding hydrogens is 222 g/mol. The fourth-order valence-electron chi connectivity index (χ4n) is 1.15. The molecule has 3 nitrogen and oxygen atoms in total. The van der Waals surface area contributed by atoms with Crippen LogP contribution < -0.4 is 4.72 Å². The third-order valence-electron chi connectivity index (χ3n) is 2.01. The lowest BCUT2D eigenvalue weighted by Crippen LogP contribution is -2.19.